The Balaban J connectivity index is 4.10. The van der Waals surface area contributed by atoms with Crippen molar-refractivity contribution >= 4 is 5.91 Å². The minimum atomic E-state index is -0.0719. The topological polar surface area (TPSA) is 55.1 Å². The summed E-state index contributed by atoms with van der Waals surface area (Å²) in [6.45, 7) is 10.1. The molecule has 0 radical (unpaired) electrons. The van der Waals surface area contributed by atoms with E-state index < -0.39 is 0 Å². The third-order valence-electron chi connectivity index (χ3n) is 2.13. The van der Waals surface area contributed by atoms with Gasteiger partial charge in [0.1, 0.15) is 0 Å². The predicted octanol–water partition coefficient (Wildman–Crippen LogP) is 1.30. The van der Waals surface area contributed by atoms with Crippen LogP contribution in [0.2, 0.25) is 0 Å². The lowest BCUT2D eigenvalue weighted by Gasteiger charge is -2.18. The summed E-state index contributed by atoms with van der Waals surface area (Å²) in [5.41, 5.74) is 5.55. The third kappa shape index (κ3) is 5.02. The van der Waals surface area contributed by atoms with Crippen LogP contribution in [-0.2, 0) is 4.79 Å². The molecule has 0 aliphatic carbocycles. The van der Waals surface area contributed by atoms with Crippen molar-refractivity contribution in [1.29, 1.82) is 0 Å². The Bertz CT molecular complexity index is 190. The highest BCUT2D eigenvalue weighted by molar-refractivity contribution is 5.79. The normalized spacial score (nSPS) is 14.9. The lowest BCUT2D eigenvalue weighted by Crippen LogP contribution is -2.39. The summed E-state index contributed by atoms with van der Waals surface area (Å²) in [4.78, 5) is 11.6. The molecule has 0 heterocycles. The van der Waals surface area contributed by atoms with Crippen molar-refractivity contribution in [2.45, 2.75) is 33.2 Å². The van der Waals surface area contributed by atoms with E-state index in [2.05, 4.69) is 25.7 Å². The lowest BCUT2D eigenvalue weighted by atomic mass is 9.96. The number of hydrogen-bond acceptors (Lipinski definition) is 2. The fourth-order valence-electron chi connectivity index (χ4n) is 1.28. The minimum Gasteiger partial charge on any atom is -0.350 e. The average Bonchev–Trinajstić information content (AvgIpc) is 2.13. The van der Waals surface area contributed by atoms with E-state index in [0.717, 1.165) is 6.42 Å². The number of amides is 1. The Kier molecular flexibility index (Phi) is 6.21. The number of nitrogens with two attached hydrogens (primary N) is 1. The van der Waals surface area contributed by atoms with Gasteiger partial charge in [-0.15, -0.1) is 6.58 Å². The monoisotopic (exact) mass is 198 g/mol. The van der Waals surface area contributed by atoms with E-state index in [1.165, 1.54) is 0 Å². The lowest BCUT2D eigenvalue weighted by molar-refractivity contribution is -0.125. The maximum absolute atomic E-state index is 11.6. The average molecular weight is 198 g/mol. The number of hydrogen-bond donors (Lipinski definition) is 2. The van der Waals surface area contributed by atoms with Gasteiger partial charge >= 0.3 is 0 Å². The van der Waals surface area contributed by atoms with Crippen LogP contribution in [0.3, 0.4) is 0 Å². The first-order valence-corrected chi connectivity index (χ1v) is 5.14. The summed E-state index contributed by atoms with van der Waals surface area (Å²) >= 11 is 0. The molecule has 0 saturated heterocycles. The maximum atomic E-state index is 11.6. The van der Waals surface area contributed by atoms with E-state index in [0.29, 0.717) is 12.5 Å². The highest BCUT2D eigenvalue weighted by Gasteiger charge is 2.18. The van der Waals surface area contributed by atoms with Crippen LogP contribution >= 0.6 is 0 Å². The molecule has 2 atom stereocenters. The number of rotatable bonds is 6. The molecule has 0 bridgehead atoms. The van der Waals surface area contributed by atoms with Crippen molar-refractivity contribution < 1.29 is 4.79 Å². The van der Waals surface area contributed by atoms with E-state index in [-0.39, 0.29) is 17.9 Å². The van der Waals surface area contributed by atoms with Crippen molar-refractivity contribution in [2.24, 2.45) is 17.6 Å². The molecular weight excluding hydrogens is 176 g/mol. The Morgan fingerprint density at radius 2 is 2.07 bits per heavy atom. The zero-order chi connectivity index (χ0) is 11.1. The van der Waals surface area contributed by atoms with Gasteiger partial charge in [0.25, 0.3) is 0 Å². The number of carbonyl (C=O) groups is 1. The van der Waals surface area contributed by atoms with E-state index in [4.69, 9.17) is 5.73 Å². The summed E-state index contributed by atoms with van der Waals surface area (Å²) in [7, 11) is 0. The molecule has 0 aromatic rings. The van der Waals surface area contributed by atoms with Gasteiger partial charge in [-0.2, -0.15) is 0 Å². The smallest absolute Gasteiger partial charge is 0.224 e. The van der Waals surface area contributed by atoms with Gasteiger partial charge in [0.05, 0.1) is 5.92 Å². The Hall–Kier alpha value is -0.830. The third-order valence-corrected chi connectivity index (χ3v) is 2.13. The fourth-order valence-corrected chi connectivity index (χ4v) is 1.28. The van der Waals surface area contributed by atoms with Crippen LogP contribution in [0.5, 0.6) is 0 Å². The van der Waals surface area contributed by atoms with Crippen molar-refractivity contribution in [1.82, 2.24) is 5.32 Å². The van der Waals surface area contributed by atoms with Gasteiger partial charge in [-0.1, -0.05) is 19.9 Å². The van der Waals surface area contributed by atoms with Crippen LogP contribution in [0.4, 0.5) is 0 Å². The Morgan fingerprint density at radius 1 is 1.50 bits per heavy atom. The molecule has 0 rings (SSSR count). The van der Waals surface area contributed by atoms with Crippen molar-refractivity contribution in [3.8, 4) is 0 Å². The van der Waals surface area contributed by atoms with Crippen LogP contribution in [0.25, 0.3) is 0 Å². The van der Waals surface area contributed by atoms with Gasteiger partial charge in [0.2, 0.25) is 5.91 Å². The summed E-state index contributed by atoms with van der Waals surface area (Å²) in [5, 5.41) is 2.85. The molecule has 0 aromatic carbocycles. The quantitative estimate of drug-likeness (QED) is 0.632. The summed E-state index contributed by atoms with van der Waals surface area (Å²) in [6.07, 6.45) is 2.55. The molecule has 14 heavy (non-hydrogen) atoms. The van der Waals surface area contributed by atoms with Crippen LogP contribution < -0.4 is 11.1 Å². The summed E-state index contributed by atoms with van der Waals surface area (Å²) in [6, 6.07) is 0.0173. The molecule has 2 unspecified atom stereocenters. The number of nitrogens with one attached hydrogen (secondary N) is 1. The van der Waals surface area contributed by atoms with E-state index in [1.54, 1.807) is 6.08 Å². The molecule has 1 amide bonds. The molecule has 0 aromatic heterocycles. The summed E-state index contributed by atoms with van der Waals surface area (Å²) < 4.78 is 0. The molecule has 0 aliphatic heterocycles. The van der Waals surface area contributed by atoms with Gasteiger partial charge in [0.15, 0.2) is 0 Å². The Morgan fingerprint density at radius 3 is 2.43 bits per heavy atom. The number of carbonyl (C=O) groups excluding carboxylic acids is 1. The highest BCUT2D eigenvalue weighted by atomic mass is 16.1. The zero-order valence-corrected chi connectivity index (χ0v) is 9.42. The highest BCUT2D eigenvalue weighted by Crippen LogP contribution is 2.10. The Labute approximate surface area is 86.8 Å². The molecule has 3 nitrogen and oxygen atoms in total. The predicted molar refractivity (Wildman–Crippen MR) is 59.8 cm³/mol. The second-order valence-electron chi connectivity index (χ2n) is 4.10. The largest absolute Gasteiger partial charge is 0.350 e. The van der Waals surface area contributed by atoms with Crippen LogP contribution in [0.1, 0.15) is 27.2 Å². The molecular formula is C11H22N2O. The van der Waals surface area contributed by atoms with Crippen molar-refractivity contribution in [2.75, 3.05) is 6.54 Å². The van der Waals surface area contributed by atoms with Crippen LogP contribution in [-0.4, -0.2) is 18.5 Å². The molecule has 3 heteroatoms. The SMILES string of the molecule is C=CC(C)NC(=O)C(CN)CC(C)C. The van der Waals surface area contributed by atoms with Crippen molar-refractivity contribution in [3.05, 3.63) is 12.7 Å². The van der Waals surface area contributed by atoms with Gasteiger partial charge in [-0.05, 0) is 19.3 Å². The molecule has 82 valence electrons. The van der Waals surface area contributed by atoms with Gasteiger partial charge in [-0.25, -0.2) is 0 Å². The molecule has 0 saturated carbocycles. The molecule has 0 aliphatic rings. The minimum absolute atomic E-state index is 0.0173. The van der Waals surface area contributed by atoms with Gasteiger partial charge in [0, 0.05) is 12.6 Å². The first kappa shape index (κ1) is 13.2. The summed E-state index contributed by atoms with van der Waals surface area (Å²) in [5.74, 6) is 0.458. The van der Waals surface area contributed by atoms with Crippen LogP contribution in [0, 0.1) is 11.8 Å². The fraction of sp³-hybridized carbons (Fsp3) is 0.727. The zero-order valence-electron chi connectivity index (χ0n) is 9.42. The maximum Gasteiger partial charge on any atom is 0.224 e. The first-order chi connectivity index (χ1) is 6.51. The standard InChI is InChI=1S/C11H22N2O/c1-5-9(4)13-11(14)10(7-12)6-8(2)3/h5,8-10H,1,6-7,12H2,2-4H3,(H,13,14). The second kappa shape index (κ2) is 6.60. The van der Waals surface area contributed by atoms with Gasteiger partial charge < -0.3 is 11.1 Å². The van der Waals surface area contributed by atoms with E-state index in [1.807, 2.05) is 6.92 Å². The van der Waals surface area contributed by atoms with Crippen molar-refractivity contribution in [3.63, 3.8) is 0 Å². The first-order valence-electron chi connectivity index (χ1n) is 5.14. The second-order valence-corrected chi connectivity index (χ2v) is 4.10. The molecule has 0 spiro atoms. The van der Waals surface area contributed by atoms with Crippen LogP contribution in [0.15, 0.2) is 12.7 Å². The molecule has 3 N–H and O–H groups in total. The molecule has 0 fully saturated rings. The van der Waals surface area contributed by atoms with E-state index >= 15 is 0 Å². The van der Waals surface area contributed by atoms with Gasteiger partial charge in [-0.3, -0.25) is 4.79 Å². The van der Waals surface area contributed by atoms with E-state index in [9.17, 15) is 4.79 Å².